The van der Waals surface area contributed by atoms with Crippen LogP contribution in [0.5, 0.6) is 17.2 Å². The van der Waals surface area contributed by atoms with Crippen molar-refractivity contribution in [2.75, 3.05) is 20.1 Å². The van der Waals surface area contributed by atoms with E-state index in [0.717, 1.165) is 30.6 Å². The molecule has 5 atom stereocenters. The van der Waals surface area contributed by atoms with E-state index in [1.54, 1.807) is 24.1 Å². The van der Waals surface area contributed by atoms with Crippen LogP contribution in [0.3, 0.4) is 0 Å². The Kier molecular flexibility index (Phi) is 5.93. The summed E-state index contributed by atoms with van der Waals surface area (Å²) in [5.41, 5.74) is 0.666. The molecule has 3 unspecified atom stereocenters. The highest BCUT2D eigenvalue weighted by molar-refractivity contribution is 5.92. The maximum Gasteiger partial charge on any atom is 0.573 e. The molecule has 3 aliphatic carbocycles. The van der Waals surface area contributed by atoms with Gasteiger partial charge in [0.15, 0.2) is 11.5 Å². The number of hydrogen-bond acceptors (Lipinski definition) is 6. The summed E-state index contributed by atoms with van der Waals surface area (Å²) in [6.07, 6.45) is 2.27. The predicted molar refractivity (Wildman–Crippen MR) is 144 cm³/mol. The highest BCUT2D eigenvalue weighted by Gasteiger charge is 2.72. The molecule has 41 heavy (non-hydrogen) atoms. The van der Waals surface area contributed by atoms with Gasteiger partial charge in [0.1, 0.15) is 11.9 Å². The first-order valence-electron chi connectivity index (χ1n) is 14.3. The summed E-state index contributed by atoms with van der Waals surface area (Å²) >= 11 is 0. The van der Waals surface area contributed by atoms with E-state index >= 15 is 0 Å². The number of amides is 1. The van der Waals surface area contributed by atoms with E-state index in [-0.39, 0.29) is 29.5 Å². The fraction of sp³-hybridized carbons (Fsp3) is 0.516. The van der Waals surface area contributed by atoms with Gasteiger partial charge in [-0.1, -0.05) is 18.2 Å². The number of alkyl halides is 3. The van der Waals surface area contributed by atoms with E-state index in [2.05, 4.69) is 9.64 Å². The normalized spacial score (nSPS) is 32.0. The monoisotopic (exact) mass is 570 g/mol. The van der Waals surface area contributed by atoms with Crippen molar-refractivity contribution in [3.8, 4) is 17.2 Å². The average molecular weight is 571 g/mol. The van der Waals surface area contributed by atoms with Crippen LogP contribution in [0.1, 0.15) is 48.8 Å². The number of aliphatic hydroxyl groups is 1. The molecule has 2 aromatic rings. The van der Waals surface area contributed by atoms with Gasteiger partial charge in [-0.05, 0) is 80.0 Å². The lowest BCUT2D eigenvalue weighted by Crippen LogP contribution is -2.77. The van der Waals surface area contributed by atoms with Crippen LogP contribution in [0.15, 0.2) is 42.5 Å². The summed E-state index contributed by atoms with van der Waals surface area (Å²) in [6, 6.07) is 8.63. The molecule has 7 nitrogen and oxygen atoms in total. The molecule has 1 spiro atoms. The number of hydrogen-bond donors (Lipinski definition) is 2. The lowest BCUT2D eigenvalue weighted by atomic mass is 9.48. The molecule has 0 radical (unpaired) electrons. The zero-order valence-electron chi connectivity index (χ0n) is 22.7. The van der Waals surface area contributed by atoms with Gasteiger partial charge in [0.2, 0.25) is 5.91 Å². The van der Waals surface area contributed by atoms with Crippen LogP contribution in [0.2, 0.25) is 0 Å². The van der Waals surface area contributed by atoms with E-state index in [1.165, 1.54) is 43.2 Å². The molecule has 3 fully saturated rings. The number of likely N-dealkylation sites (tertiary alicyclic amines) is 1. The van der Waals surface area contributed by atoms with Gasteiger partial charge >= 0.3 is 6.36 Å². The highest BCUT2D eigenvalue weighted by Crippen LogP contribution is 2.65. The molecular formula is C31H33F3N2O5. The Bertz CT molecular complexity index is 1420. The van der Waals surface area contributed by atoms with Crippen molar-refractivity contribution in [1.82, 2.24) is 9.80 Å². The molecule has 2 aliphatic heterocycles. The molecule has 1 amide bonds. The third kappa shape index (κ3) is 4.21. The minimum absolute atomic E-state index is 0.0781. The SMILES string of the molecule is CN(C(=O)/C=C/c1cccc(OC(F)(F)F)c1)C1CC2Oc3c(O)ccc4c3[C@@]23CCN(CC2CC2)[C@@H](C4)C3(O)C1. The van der Waals surface area contributed by atoms with Crippen molar-refractivity contribution in [3.05, 3.63) is 59.2 Å². The summed E-state index contributed by atoms with van der Waals surface area (Å²) in [7, 11) is 1.69. The zero-order chi connectivity index (χ0) is 28.7. The van der Waals surface area contributed by atoms with Gasteiger partial charge in [-0.25, -0.2) is 0 Å². The second-order valence-electron chi connectivity index (χ2n) is 12.4. The predicted octanol–water partition coefficient (Wildman–Crippen LogP) is 4.40. The maximum absolute atomic E-state index is 13.3. The van der Waals surface area contributed by atoms with Crippen molar-refractivity contribution in [3.63, 3.8) is 0 Å². The van der Waals surface area contributed by atoms with Crippen LogP contribution in [0, 0.1) is 5.92 Å². The van der Waals surface area contributed by atoms with Gasteiger partial charge in [-0.2, -0.15) is 0 Å². The Balaban J connectivity index is 1.17. The first kappa shape index (κ1) is 26.6. The summed E-state index contributed by atoms with van der Waals surface area (Å²) in [6.45, 7) is 1.81. The molecule has 2 saturated carbocycles. The van der Waals surface area contributed by atoms with Gasteiger partial charge in [-0.15, -0.1) is 13.2 Å². The van der Waals surface area contributed by atoms with Crippen LogP contribution in [-0.2, 0) is 16.6 Å². The third-order valence-electron chi connectivity index (χ3n) is 10.1. The number of phenols is 1. The highest BCUT2D eigenvalue weighted by atomic mass is 19.4. The molecule has 2 aromatic carbocycles. The molecule has 2 heterocycles. The number of piperidine rings is 1. The van der Waals surface area contributed by atoms with Gasteiger partial charge in [0, 0.05) is 43.7 Å². The fourth-order valence-electron chi connectivity index (χ4n) is 8.06. The molecule has 2 bridgehead atoms. The van der Waals surface area contributed by atoms with Crippen molar-refractivity contribution < 1.29 is 37.7 Å². The molecule has 10 heteroatoms. The van der Waals surface area contributed by atoms with Gasteiger partial charge in [-0.3, -0.25) is 9.69 Å². The first-order chi connectivity index (χ1) is 19.5. The molecule has 5 aliphatic rings. The van der Waals surface area contributed by atoms with Crippen LogP contribution in [0.4, 0.5) is 13.2 Å². The standard InChI is InChI=1S/C31H33F3N2O5/c1-35(26(38)10-7-18-3-2-4-22(13-18)41-31(32,33)34)21-15-25-29-11-12-36(17-19-5-6-19)24(30(29,39)16-21)14-20-8-9-23(37)28(40-25)27(20)29/h2-4,7-10,13,19,21,24-25,37,39H,5-6,11-12,14-17H2,1H3/b10-7+/t21?,24-,25?,29+,30?/m0/s1. The second-order valence-corrected chi connectivity index (χ2v) is 12.4. The number of likely N-dealkylation sites (N-methyl/N-ethyl adjacent to an activating group) is 1. The fourth-order valence-corrected chi connectivity index (χ4v) is 8.06. The average Bonchev–Trinajstić information content (AvgIpc) is 3.66. The number of nitrogens with zero attached hydrogens (tertiary/aromatic N) is 2. The second kappa shape index (κ2) is 9.13. The number of benzene rings is 2. The Morgan fingerprint density at radius 1 is 1.27 bits per heavy atom. The number of carbonyl (C=O) groups excluding carboxylic acids is 1. The van der Waals surface area contributed by atoms with E-state index in [4.69, 9.17) is 4.74 Å². The topological polar surface area (TPSA) is 82.5 Å². The molecular weight excluding hydrogens is 537 g/mol. The summed E-state index contributed by atoms with van der Waals surface area (Å²) in [4.78, 5) is 17.4. The first-order valence-corrected chi connectivity index (χ1v) is 14.3. The van der Waals surface area contributed by atoms with Crippen LogP contribution in [-0.4, -0.2) is 76.2 Å². The number of carbonyl (C=O) groups is 1. The minimum Gasteiger partial charge on any atom is -0.504 e. The number of aromatic hydroxyl groups is 1. The molecule has 0 aromatic heterocycles. The largest absolute Gasteiger partial charge is 0.573 e. The summed E-state index contributed by atoms with van der Waals surface area (Å²) in [5.74, 6) is 0.519. The number of ether oxygens (including phenoxy) is 2. The van der Waals surface area contributed by atoms with Crippen molar-refractivity contribution in [2.45, 2.75) is 74.1 Å². The number of halogens is 3. The van der Waals surface area contributed by atoms with Crippen molar-refractivity contribution in [2.24, 2.45) is 5.92 Å². The maximum atomic E-state index is 13.3. The van der Waals surface area contributed by atoms with E-state index in [0.29, 0.717) is 36.5 Å². The molecule has 7 rings (SSSR count). The summed E-state index contributed by atoms with van der Waals surface area (Å²) < 4.78 is 48.3. The van der Waals surface area contributed by atoms with E-state index in [9.17, 15) is 28.2 Å². The number of phenolic OH excluding ortho intramolecular Hbond substituents is 1. The Morgan fingerprint density at radius 3 is 2.83 bits per heavy atom. The van der Waals surface area contributed by atoms with Crippen molar-refractivity contribution >= 4 is 12.0 Å². The van der Waals surface area contributed by atoms with Crippen LogP contribution in [0.25, 0.3) is 6.08 Å². The lowest BCUT2D eigenvalue weighted by molar-refractivity contribution is -0.274. The minimum atomic E-state index is -4.80. The van der Waals surface area contributed by atoms with E-state index in [1.807, 2.05) is 6.07 Å². The molecule has 218 valence electrons. The van der Waals surface area contributed by atoms with Gasteiger partial charge in [0.25, 0.3) is 0 Å². The smallest absolute Gasteiger partial charge is 0.504 e. The Morgan fingerprint density at radius 2 is 2.07 bits per heavy atom. The molecule has 1 saturated heterocycles. The van der Waals surface area contributed by atoms with Crippen LogP contribution >= 0.6 is 0 Å². The van der Waals surface area contributed by atoms with Gasteiger partial charge in [0.05, 0.1) is 11.0 Å². The van der Waals surface area contributed by atoms with Crippen molar-refractivity contribution in [1.29, 1.82) is 0 Å². The van der Waals surface area contributed by atoms with E-state index < -0.39 is 23.5 Å². The quantitative estimate of drug-likeness (QED) is 0.502. The number of rotatable bonds is 6. The Labute approximate surface area is 236 Å². The third-order valence-corrected chi connectivity index (χ3v) is 10.1. The zero-order valence-corrected chi connectivity index (χ0v) is 22.7. The molecule has 2 N–H and O–H groups in total. The lowest BCUT2D eigenvalue weighted by Gasteiger charge is -2.64. The summed E-state index contributed by atoms with van der Waals surface area (Å²) in [5, 5.41) is 23.5. The van der Waals surface area contributed by atoms with Gasteiger partial charge < -0.3 is 24.6 Å². The van der Waals surface area contributed by atoms with Crippen LogP contribution < -0.4 is 9.47 Å². The Hall–Kier alpha value is -3.24.